The van der Waals surface area contributed by atoms with Gasteiger partial charge in [0.1, 0.15) is 35.7 Å². The van der Waals surface area contributed by atoms with Crippen LogP contribution in [0.5, 0.6) is 5.75 Å². The minimum Gasteiger partial charge on any atom is -0.487 e. The number of cyclic esters (lactones) is 1. The maximum absolute atomic E-state index is 13.8. The van der Waals surface area contributed by atoms with Crippen LogP contribution in [-0.2, 0) is 4.74 Å². The predicted molar refractivity (Wildman–Crippen MR) is 94.6 cm³/mol. The lowest BCUT2D eigenvalue weighted by atomic mass is 10.1. The molecule has 1 aliphatic rings. The second-order valence-electron chi connectivity index (χ2n) is 6.42. The van der Waals surface area contributed by atoms with E-state index in [4.69, 9.17) is 9.47 Å². The molecule has 0 fully saturated rings. The summed E-state index contributed by atoms with van der Waals surface area (Å²) in [6.45, 7) is 3.54. The third-order valence-corrected chi connectivity index (χ3v) is 4.31. The van der Waals surface area contributed by atoms with Gasteiger partial charge in [-0.3, -0.25) is 4.79 Å². The molecule has 0 amide bonds. The average molecular weight is 372 g/mol. The number of carbonyl (C=O) groups excluding carboxylic acids is 1. The van der Waals surface area contributed by atoms with Gasteiger partial charge in [-0.2, -0.15) is 9.61 Å². The predicted octanol–water partition coefficient (Wildman–Crippen LogP) is 2.27. The molecule has 2 atom stereocenters. The Kier molecular flexibility index (Phi) is 4.06. The largest absolute Gasteiger partial charge is 0.487 e. The van der Waals surface area contributed by atoms with Crippen LogP contribution in [0, 0.1) is 5.82 Å². The lowest BCUT2D eigenvalue weighted by Crippen LogP contribution is -2.22. The number of aromatic nitrogens is 3. The van der Waals surface area contributed by atoms with E-state index in [1.165, 1.54) is 30.5 Å². The van der Waals surface area contributed by atoms with Crippen molar-refractivity contribution in [2.75, 3.05) is 11.9 Å². The van der Waals surface area contributed by atoms with Gasteiger partial charge < -0.3 is 19.8 Å². The van der Waals surface area contributed by atoms with Crippen LogP contribution in [0.25, 0.3) is 5.65 Å². The number of halogens is 1. The number of carbonyl (C=O) groups is 1. The first-order chi connectivity index (χ1) is 12.9. The van der Waals surface area contributed by atoms with E-state index < -0.39 is 23.4 Å². The van der Waals surface area contributed by atoms with Gasteiger partial charge in [-0.25, -0.2) is 9.18 Å². The highest BCUT2D eigenvalue weighted by molar-refractivity contribution is 5.95. The maximum atomic E-state index is 13.8. The van der Waals surface area contributed by atoms with Crippen LogP contribution < -0.4 is 15.6 Å². The monoisotopic (exact) mass is 372 g/mol. The molecule has 9 heteroatoms. The lowest BCUT2D eigenvalue weighted by Gasteiger charge is -2.21. The number of fused-ring (bicyclic) bond motifs is 2. The Morgan fingerprint density at radius 3 is 2.89 bits per heavy atom. The third kappa shape index (κ3) is 3.12. The molecule has 0 unspecified atom stereocenters. The van der Waals surface area contributed by atoms with Crippen molar-refractivity contribution in [3.05, 3.63) is 57.8 Å². The van der Waals surface area contributed by atoms with E-state index in [1.807, 2.05) is 6.92 Å². The maximum Gasteiger partial charge on any atom is 0.343 e. The molecule has 0 spiro atoms. The van der Waals surface area contributed by atoms with Crippen LogP contribution in [0.2, 0.25) is 0 Å². The molecule has 0 saturated carbocycles. The number of hydrogen-bond acceptors (Lipinski definition) is 6. The number of esters is 1. The molecule has 0 radical (unpaired) electrons. The molecule has 27 heavy (non-hydrogen) atoms. The van der Waals surface area contributed by atoms with Crippen LogP contribution in [-0.4, -0.2) is 33.3 Å². The number of nitrogens with one attached hydrogen (secondary N) is 2. The SMILES string of the molecule is C[C@H]1COC(=O)c2cnn3c(=O)cc([nH]c23)N[C@H](C)c2cc(F)ccc2O1. The van der Waals surface area contributed by atoms with Gasteiger partial charge in [0, 0.05) is 11.6 Å². The summed E-state index contributed by atoms with van der Waals surface area (Å²) in [5.41, 5.74) is 0.506. The van der Waals surface area contributed by atoms with Crippen molar-refractivity contribution in [3.8, 4) is 5.75 Å². The van der Waals surface area contributed by atoms with Crippen LogP contribution in [0.3, 0.4) is 0 Å². The second-order valence-corrected chi connectivity index (χ2v) is 6.42. The molecule has 2 N–H and O–H groups in total. The highest BCUT2D eigenvalue weighted by Crippen LogP contribution is 2.29. The van der Waals surface area contributed by atoms with Crippen LogP contribution >= 0.6 is 0 Å². The van der Waals surface area contributed by atoms with Gasteiger partial charge in [-0.1, -0.05) is 0 Å². The van der Waals surface area contributed by atoms with E-state index in [-0.39, 0.29) is 23.9 Å². The number of rotatable bonds is 0. The zero-order valence-electron chi connectivity index (χ0n) is 14.7. The number of ether oxygens (including phenoxy) is 2. The fourth-order valence-corrected chi connectivity index (χ4v) is 3.01. The molecule has 4 rings (SSSR count). The van der Waals surface area contributed by atoms with Gasteiger partial charge in [-0.15, -0.1) is 0 Å². The smallest absolute Gasteiger partial charge is 0.343 e. The van der Waals surface area contributed by atoms with Crippen molar-refractivity contribution < 1.29 is 18.7 Å². The van der Waals surface area contributed by atoms with Crippen LogP contribution in [0.15, 0.2) is 35.3 Å². The van der Waals surface area contributed by atoms with Crippen molar-refractivity contribution in [1.82, 2.24) is 14.6 Å². The van der Waals surface area contributed by atoms with Gasteiger partial charge in [0.15, 0.2) is 5.65 Å². The molecular weight excluding hydrogens is 355 g/mol. The Bertz CT molecular complexity index is 1090. The molecule has 8 nitrogen and oxygen atoms in total. The Morgan fingerprint density at radius 2 is 2.07 bits per heavy atom. The van der Waals surface area contributed by atoms with Gasteiger partial charge in [0.05, 0.1) is 12.2 Å². The Balaban J connectivity index is 1.86. The van der Waals surface area contributed by atoms with Crippen LogP contribution in [0.4, 0.5) is 10.2 Å². The number of anilines is 1. The fourth-order valence-electron chi connectivity index (χ4n) is 3.01. The molecule has 0 aliphatic carbocycles. The third-order valence-electron chi connectivity index (χ3n) is 4.31. The first-order valence-corrected chi connectivity index (χ1v) is 8.43. The van der Waals surface area contributed by atoms with E-state index in [0.29, 0.717) is 17.1 Å². The fraction of sp³-hybridized carbons (Fsp3) is 0.278. The van der Waals surface area contributed by atoms with Crippen molar-refractivity contribution in [2.45, 2.75) is 26.0 Å². The summed E-state index contributed by atoms with van der Waals surface area (Å²) < 4.78 is 26.0. The zero-order chi connectivity index (χ0) is 19.1. The number of hydrogen-bond donors (Lipinski definition) is 2. The summed E-state index contributed by atoms with van der Waals surface area (Å²) >= 11 is 0. The number of aromatic amines is 1. The van der Waals surface area contributed by atoms with E-state index in [9.17, 15) is 14.0 Å². The van der Waals surface area contributed by atoms with Crippen molar-refractivity contribution >= 4 is 17.4 Å². The molecule has 2 aromatic heterocycles. The van der Waals surface area contributed by atoms with Crippen molar-refractivity contribution in [1.29, 1.82) is 0 Å². The minimum absolute atomic E-state index is 0.0152. The zero-order valence-corrected chi connectivity index (χ0v) is 14.7. The Hall–Kier alpha value is -3.36. The molecule has 3 heterocycles. The Morgan fingerprint density at radius 1 is 1.26 bits per heavy atom. The molecule has 140 valence electrons. The number of nitrogens with zero attached hydrogens (tertiary/aromatic N) is 2. The summed E-state index contributed by atoms with van der Waals surface area (Å²) in [7, 11) is 0. The molecule has 1 aliphatic heterocycles. The van der Waals surface area contributed by atoms with E-state index in [0.717, 1.165) is 4.52 Å². The quantitative estimate of drug-likeness (QED) is 0.588. The highest BCUT2D eigenvalue weighted by Gasteiger charge is 2.21. The first kappa shape index (κ1) is 17.1. The molecule has 3 aromatic rings. The van der Waals surface area contributed by atoms with Crippen molar-refractivity contribution in [3.63, 3.8) is 0 Å². The first-order valence-electron chi connectivity index (χ1n) is 8.43. The summed E-state index contributed by atoms with van der Waals surface area (Å²) in [5.74, 6) is -0.209. The van der Waals surface area contributed by atoms with E-state index in [1.54, 1.807) is 6.92 Å². The summed E-state index contributed by atoms with van der Waals surface area (Å²) in [4.78, 5) is 27.7. The van der Waals surface area contributed by atoms with Gasteiger partial charge in [-0.05, 0) is 32.0 Å². The molecule has 0 saturated heterocycles. The summed E-state index contributed by atoms with van der Waals surface area (Å²) in [6, 6.07) is 5.13. The molecule has 2 bridgehead atoms. The molecular formula is C18H17FN4O4. The average Bonchev–Trinajstić information content (AvgIpc) is 3.05. The standard InChI is InChI=1S/C18H17FN4O4/c1-9-8-26-18(25)13-7-20-23-16(24)6-15(22-17(13)23)21-10(2)12-5-11(19)3-4-14(12)27-9/h3-7,9-10,21-22H,8H2,1-2H3/t9-,10+/m0/s1. The number of H-pyrrole nitrogens is 1. The topological polar surface area (TPSA) is 97.7 Å². The minimum atomic E-state index is -0.625. The lowest BCUT2D eigenvalue weighted by molar-refractivity contribution is 0.0341. The van der Waals surface area contributed by atoms with Crippen LogP contribution in [0.1, 0.15) is 35.8 Å². The van der Waals surface area contributed by atoms with Gasteiger partial charge in [0.2, 0.25) is 0 Å². The summed E-state index contributed by atoms with van der Waals surface area (Å²) in [6.07, 6.45) is 0.817. The normalized spacial score (nSPS) is 19.9. The van der Waals surface area contributed by atoms with E-state index >= 15 is 0 Å². The molecule has 1 aromatic carbocycles. The number of benzene rings is 1. The van der Waals surface area contributed by atoms with Crippen molar-refractivity contribution in [2.24, 2.45) is 0 Å². The Labute approximate surface area is 152 Å². The highest BCUT2D eigenvalue weighted by atomic mass is 19.1. The van der Waals surface area contributed by atoms with E-state index in [2.05, 4.69) is 15.4 Å². The summed E-state index contributed by atoms with van der Waals surface area (Å²) in [5, 5.41) is 7.04. The van der Waals surface area contributed by atoms with Gasteiger partial charge >= 0.3 is 5.97 Å². The van der Waals surface area contributed by atoms with Gasteiger partial charge in [0.25, 0.3) is 5.56 Å². The second kappa shape index (κ2) is 6.42.